The highest BCUT2D eigenvalue weighted by Crippen LogP contribution is 2.28. The second-order valence-electron chi connectivity index (χ2n) is 6.07. The highest BCUT2D eigenvalue weighted by atomic mass is 16.2. The minimum atomic E-state index is -0.483. The van der Waals surface area contributed by atoms with Gasteiger partial charge in [-0.1, -0.05) is 53.7 Å². The van der Waals surface area contributed by atoms with E-state index in [2.05, 4.69) is 20.8 Å². The van der Waals surface area contributed by atoms with E-state index in [-0.39, 0.29) is 10.8 Å². The van der Waals surface area contributed by atoms with Gasteiger partial charge in [0.25, 0.3) is 0 Å². The Morgan fingerprint density at radius 2 is 1.50 bits per heavy atom. The van der Waals surface area contributed by atoms with Crippen molar-refractivity contribution >= 4 is 12.1 Å². The van der Waals surface area contributed by atoms with E-state index in [0.29, 0.717) is 6.29 Å². The van der Waals surface area contributed by atoms with Crippen LogP contribution in [-0.2, 0) is 9.59 Å². The molecule has 0 unspecified atom stereocenters. The molecule has 0 aliphatic heterocycles. The van der Waals surface area contributed by atoms with Crippen LogP contribution < -0.4 is 0 Å². The highest BCUT2D eigenvalue weighted by molar-refractivity contribution is 6.30. The van der Waals surface area contributed by atoms with E-state index in [0.717, 1.165) is 5.57 Å². The van der Waals surface area contributed by atoms with Crippen molar-refractivity contribution in [3.8, 4) is 0 Å². The molecular formula is C14H22O2. The fourth-order valence-corrected chi connectivity index (χ4v) is 1.04. The van der Waals surface area contributed by atoms with Gasteiger partial charge < -0.3 is 0 Å². The minimum Gasteiger partial charge on any atom is -0.294 e. The molecule has 0 aliphatic rings. The van der Waals surface area contributed by atoms with Gasteiger partial charge in [-0.2, -0.15) is 0 Å². The third-order valence-corrected chi connectivity index (χ3v) is 2.04. The third-order valence-electron chi connectivity index (χ3n) is 2.04. The normalized spacial score (nSPS) is 14.2. The lowest BCUT2D eigenvalue weighted by Crippen LogP contribution is -2.11. The average Bonchev–Trinajstić information content (AvgIpc) is 2.08. The molecular weight excluding hydrogens is 200 g/mol. The first-order valence-corrected chi connectivity index (χ1v) is 5.47. The Morgan fingerprint density at radius 1 is 1.00 bits per heavy atom. The molecule has 16 heavy (non-hydrogen) atoms. The van der Waals surface area contributed by atoms with E-state index >= 15 is 0 Å². The molecule has 90 valence electrons. The van der Waals surface area contributed by atoms with Gasteiger partial charge in [0, 0.05) is 0 Å². The lowest BCUT2D eigenvalue weighted by Gasteiger charge is -2.21. The van der Waals surface area contributed by atoms with Crippen LogP contribution in [0.2, 0.25) is 0 Å². The molecule has 0 aromatic carbocycles. The first-order chi connectivity index (χ1) is 7.06. The van der Waals surface area contributed by atoms with Crippen LogP contribution in [0.25, 0.3) is 0 Å². The van der Waals surface area contributed by atoms with Crippen molar-refractivity contribution in [3.05, 3.63) is 23.8 Å². The van der Waals surface area contributed by atoms with Crippen LogP contribution in [0.4, 0.5) is 0 Å². The van der Waals surface area contributed by atoms with Gasteiger partial charge in [-0.15, -0.1) is 0 Å². The van der Waals surface area contributed by atoms with Crippen LogP contribution in [0.5, 0.6) is 0 Å². The maximum atomic E-state index is 11.1. The molecule has 0 rings (SSSR count). The molecule has 0 saturated heterocycles. The average molecular weight is 222 g/mol. The molecule has 0 fully saturated rings. The van der Waals surface area contributed by atoms with Crippen LogP contribution in [0.3, 0.4) is 0 Å². The number of allylic oxidation sites excluding steroid dienone is 4. The fraction of sp³-hybridized carbons (Fsp3) is 0.571. The maximum Gasteiger partial charge on any atom is 0.218 e. The van der Waals surface area contributed by atoms with Gasteiger partial charge in [-0.3, -0.25) is 9.59 Å². The van der Waals surface area contributed by atoms with Gasteiger partial charge in [-0.25, -0.2) is 0 Å². The molecule has 0 amide bonds. The molecule has 0 heterocycles. The predicted molar refractivity (Wildman–Crippen MR) is 67.2 cm³/mol. The summed E-state index contributed by atoms with van der Waals surface area (Å²) in [7, 11) is 0. The quantitative estimate of drug-likeness (QED) is 0.318. The Balaban J connectivity index is 5.14. The van der Waals surface area contributed by atoms with Crippen molar-refractivity contribution in [2.75, 3.05) is 0 Å². The number of aldehydes is 1. The van der Waals surface area contributed by atoms with Gasteiger partial charge in [0.1, 0.15) is 0 Å². The molecule has 0 N–H and O–H groups in total. The van der Waals surface area contributed by atoms with E-state index in [1.165, 1.54) is 6.08 Å². The Kier molecular flexibility index (Phi) is 4.85. The van der Waals surface area contributed by atoms with Gasteiger partial charge in [0.05, 0.1) is 0 Å². The summed E-state index contributed by atoms with van der Waals surface area (Å²) in [5.41, 5.74) is 0.800. The summed E-state index contributed by atoms with van der Waals surface area (Å²) >= 11 is 0. The highest BCUT2D eigenvalue weighted by Gasteiger charge is 2.16. The number of carbonyl (C=O) groups excluding carboxylic acids is 2. The van der Waals surface area contributed by atoms with Crippen LogP contribution in [0.1, 0.15) is 41.5 Å². The lowest BCUT2D eigenvalue weighted by molar-refractivity contribution is -0.126. The molecule has 2 heteroatoms. The SMILES string of the molecule is CC(C)(C)/C=C/C(=C/C(=O)C=O)C(C)(C)C. The fourth-order valence-electron chi connectivity index (χ4n) is 1.04. The molecule has 0 aliphatic carbocycles. The Labute approximate surface area is 98.4 Å². The van der Waals surface area contributed by atoms with E-state index in [1.54, 1.807) is 0 Å². The molecule has 0 saturated carbocycles. The molecule has 0 aromatic heterocycles. The first-order valence-electron chi connectivity index (χ1n) is 5.47. The van der Waals surface area contributed by atoms with Crippen molar-refractivity contribution in [2.45, 2.75) is 41.5 Å². The lowest BCUT2D eigenvalue weighted by atomic mass is 9.83. The van der Waals surface area contributed by atoms with E-state index in [4.69, 9.17) is 0 Å². The Bertz CT molecular complexity index is 320. The number of rotatable bonds is 3. The summed E-state index contributed by atoms with van der Waals surface area (Å²) in [6.45, 7) is 12.3. The smallest absolute Gasteiger partial charge is 0.218 e. The Morgan fingerprint density at radius 3 is 1.81 bits per heavy atom. The largest absolute Gasteiger partial charge is 0.294 e. The third kappa shape index (κ3) is 6.33. The van der Waals surface area contributed by atoms with E-state index in [9.17, 15) is 9.59 Å². The molecule has 0 spiro atoms. The van der Waals surface area contributed by atoms with Crippen molar-refractivity contribution in [1.82, 2.24) is 0 Å². The zero-order valence-corrected chi connectivity index (χ0v) is 11.1. The van der Waals surface area contributed by atoms with Gasteiger partial charge in [0.15, 0.2) is 6.29 Å². The number of ketones is 1. The van der Waals surface area contributed by atoms with Crippen molar-refractivity contribution in [1.29, 1.82) is 0 Å². The van der Waals surface area contributed by atoms with Crippen LogP contribution in [0.15, 0.2) is 23.8 Å². The van der Waals surface area contributed by atoms with Crippen molar-refractivity contribution < 1.29 is 9.59 Å². The summed E-state index contributed by atoms with van der Waals surface area (Å²) in [6.07, 6.45) is 5.73. The molecule has 0 aromatic rings. The molecule has 0 atom stereocenters. The van der Waals surface area contributed by atoms with Crippen LogP contribution in [-0.4, -0.2) is 12.1 Å². The van der Waals surface area contributed by atoms with E-state index < -0.39 is 5.78 Å². The molecule has 2 nitrogen and oxygen atoms in total. The standard InChI is InChI=1S/C14H22O2/c1-13(2,3)8-7-11(14(4,5)6)9-12(16)10-15/h7-10H,1-6H3/b8-7+,11-9-. The van der Waals surface area contributed by atoms with Gasteiger partial charge in [0.2, 0.25) is 5.78 Å². The summed E-state index contributed by atoms with van der Waals surface area (Å²) < 4.78 is 0. The Hall–Kier alpha value is -1.18. The molecule has 0 radical (unpaired) electrons. The van der Waals surface area contributed by atoms with Gasteiger partial charge in [-0.05, 0) is 22.5 Å². The van der Waals surface area contributed by atoms with E-state index in [1.807, 2.05) is 32.9 Å². The minimum absolute atomic E-state index is 0.0641. The number of carbonyl (C=O) groups is 2. The topological polar surface area (TPSA) is 34.1 Å². The molecule has 0 bridgehead atoms. The number of hydrogen-bond donors (Lipinski definition) is 0. The monoisotopic (exact) mass is 222 g/mol. The summed E-state index contributed by atoms with van der Waals surface area (Å²) in [6, 6.07) is 0. The van der Waals surface area contributed by atoms with Gasteiger partial charge >= 0.3 is 0 Å². The van der Waals surface area contributed by atoms with Crippen LogP contribution in [0, 0.1) is 10.8 Å². The summed E-state index contributed by atoms with van der Waals surface area (Å²) in [5, 5.41) is 0. The second kappa shape index (κ2) is 5.24. The summed E-state index contributed by atoms with van der Waals surface area (Å²) in [4.78, 5) is 21.5. The zero-order valence-electron chi connectivity index (χ0n) is 11.1. The van der Waals surface area contributed by atoms with Crippen LogP contribution >= 0.6 is 0 Å². The first kappa shape index (κ1) is 14.8. The number of hydrogen-bond acceptors (Lipinski definition) is 2. The van der Waals surface area contributed by atoms with Crippen molar-refractivity contribution in [3.63, 3.8) is 0 Å². The predicted octanol–water partition coefficient (Wildman–Crippen LogP) is 3.33. The zero-order chi connectivity index (χ0) is 13.0. The second-order valence-corrected chi connectivity index (χ2v) is 6.07. The maximum absolute atomic E-state index is 11.1. The van der Waals surface area contributed by atoms with Crippen molar-refractivity contribution in [2.24, 2.45) is 10.8 Å². The summed E-state index contributed by atoms with van der Waals surface area (Å²) in [5.74, 6) is -0.483.